The minimum atomic E-state index is -0.807. The minimum absolute atomic E-state index is 0.149. The fraction of sp³-hybridized carbons (Fsp3) is 0.107. The first-order chi connectivity index (χ1) is 16.9. The van der Waals surface area contributed by atoms with Crippen LogP contribution in [0.2, 0.25) is 0 Å². The molecule has 0 bridgehead atoms. The third-order valence-electron chi connectivity index (χ3n) is 5.28. The van der Waals surface area contributed by atoms with Gasteiger partial charge in [-0.05, 0) is 60.5 Å². The molecule has 0 atom stereocenters. The summed E-state index contributed by atoms with van der Waals surface area (Å²) < 4.78 is 11.2. The number of carbonyl (C=O) groups excluding carboxylic acids is 3. The molecule has 0 spiro atoms. The number of imide groups is 2. The quantitative estimate of drug-likeness (QED) is 0.292. The Bertz CT molecular complexity index is 1280. The van der Waals surface area contributed by atoms with Crippen LogP contribution in [0.15, 0.2) is 91.0 Å². The predicted octanol–water partition coefficient (Wildman–Crippen LogP) is 4.81. The van der Waals surface area contributed by atoms with Crippen molar-refractivity contribution in [1.82, 2.24) is 5.32 Å². The van der Waals surface area contributed by atoms with E-state index >= 15 is 0 Å². The van der Waals surface area contributed by atoms with Crippen molar-refractivity contribution in [2.75, 3.05) is 11.5 Å². The normalized spacial score (nSPS) is 14.6. The molecule has 4 rings (SSSR count). The number of nitrogens with zero attached hydrogens (tertiary/aromatic N) is 1. The maximum Gasteiger partial charge on any atom is 0.335 e. The fourth-order valence-corrected chi connectivity index (χ4v) is 3.42. The Balaban J connectivity index is 1.48. The van der Waals surface area contributed by atoms with E-state index in [4.69, 9.17) is 9.47 Å². The van der Waals surface area contributed by atoms with Gasteiger partial charge in [-0.2, -0.15) is 0 Å². The van der Waals surface area contributed by atoms with E-state index in [-0.39, 0.29) is 5.57 Å². The molecule has 3 aromatic carbocycles. The molecule has 0 radical (unpaired) electrons. The number of hydrogen-bond donors (Lipinski definition) is 1. The van der Waals surface area contributed by atoms with Crippen molar-refractivity contribution in [2.24, 2.45) is 0 Å². The Morgan fingerprint density at radius 2 is 1.49 bits per heavy atom. The molecule has 4 amide bonds. The first kappa shape index (κ1) is 23.5. The number of carbonyl (C=O) groups is 3. The molecule has 0 aromatic heterocycles. The van der Waals surface area contributed by atoms with Crippen molar-refractivity contribution in [3.63, 3.8) is 0 Å². The number of nitrogens with one attached hydrogen (secondary N) is 1. The second-order valence-corrected chi connectivity index (χ2v) is 7.89. The van der Waals surface area contributed by atoms with Gasteiger partial charge in [-0.15, -0.1) is 0 Å². The summed E-state index contributed by atoms with van der Waals surface area (Å²) in [6.45, 7) is 6.38. The number of benzene rings is 3. The molecule has 1 N–H and O–H groups in total. The Kier molecular flexibility index (Phi) is 7.07. The number of aryl methyl sites for hydroxylation is 1. The Labute approximate surface area is 203 Å². The Hall–Kier alpha value is -4.65. The zero-order valence-corrected chi connectivity index (χ0v) is 19.2. The second-order valence-electron chi connectivity index (χ2n) is 7.89. The van der Waals surface area contributed by atoms with E-state index in [0.717, 1.165) is 10.5 Å². The summed E-state index contributed by atoms with van der Waals surface area (Å²) in [4.78, 5) is 38.9. The van der Waals surface area contributed by atoms with E-state index in [1.807, 2.05) is 31.2 Å². The first-order valence-electron chi connectivity index (χ1n) is 11.0. The molecule has 1 aliphatic heterocycles. The van der Waals surface area contributed by atoms with E-state index in [2.05, 4.69) is 11.9 Å². The monoisotopic (exact) mass is 468 g/mol. The van der Waals surface area contributed by atoms with E-state index in [1.54, 1.807) is 54.6 Å². The molecular formula is C28H24N2O5. The molecule has 7 nitrogen and oxygen atoms in total. The summed E-state index contributed by atoms with van der Waals surface area (Å²) in [7, 11) is 0. The second kappa shape index (κ2) is 10.5. The average Bonchev–Trinajstić information content (AvgIpc) is 2.86. The summed E-state index contributed by atoms with van der Waals surface area (Å²) in [5.41, 5.74) is 2.98. The lowest BCUT2D eigenvalue weighted by Gasteiger charge is -2.26. The van der Waals surface area contributed by atoms with E-state index in [0.29, 0.717) is 36.0 Å². The Morgan fingerprint density at radius 1 is 0.857 bits per heavy atom. The lowest BCUT2D eigenvalue weighted by Crippen LogP contribution is -2.54. The smallest absolute Gasteiger partial charge is 0.335 e. The summed E-state index contributed by atoms with van der Waals surface area (Å²) >= 11 is 0. The van der Waals surface area contributed by atoms with Gasteiger partial charge in [-0.25, -0.2) is 9.69 Å². The van der Waals surface area contributed by atoms with Crippen LogP contribution in [-0.4, -0.2) is 24.5 Å². The molecule has 1 aliphatic rings. The van der Waals surface area contributed by atoms with Crippen LogP contribution in [0, 0.1) is 6.92 Å². The van der Waals surface area contributed by atoms with Crippen molar-refractivity contribution in [3.8, 4) is 11.5 Å². The largest absolute Gasteiger partial charge is 0.490 e. The SMILES string of the molecule is C=CCOc1ccc(/C=C2\C(=O)NC(=O)N(c3ccc(OCc4ccc(C)cc4)cc3)C2=O)cc1. The summed E-state index contributed by atoms with van der Waals surface area (Å²) in [5, 5.41) is 2.23. The lowest BCUT2D eigenvalue weighted by atomic mass is 10.1. The van der Waals surface area contributed by atoms with Crippen LogP contribution in [0.5, 0.6) is 11.5 Å². The van der Waals surface area contributed by atoms with Crippen LogP contribution in [0.1, 0.15) is 16.7 Å². The minimum Gasteiger partial charge on any atom is -0.490 e. The topological polar surface area (TPSA) is 84.9 Å². The third kappa shape index (κ3) is 5.65. The number of anilines is 1. The number of amides is 4. The van der Waals surface area contributed by atoms with Crippen LogP contribution < -0.4 is 19.7 Å². The van der Waals surface area contributed by atoms with E-state index in [1.165, 1.54) is 11.6 Å². The van der Waals surface area contributed by atoms with Gasteiger partial charge in [-0.3, -0.25) is 14.9 Å². The first-order valence-corrected chi connectivity index (χ1v) is 11.0. The number of rotatable bonds is 8. The molecule has 0 saturated carbocycles. The molecule has 1 fully saturated rings. The highest BCUT2D eigenvalue weighted by atomic mass is 16.5. The Morgan fingerprint density at radius 3 is 2.14 bits per heavy atom. The van der Waals surface area contributed by atoms with Gasteiger partial charge in [0.05, 0.1) is 5.69 Å². The van der Waals surface area contributed by atoms with Gasteiger partial charge in [0.1, 0.15) is 30.3 Å². The zero-order chi connectivity index (χ0) is 24.8. The van der Waals surface area contributed by atoms with Crippen LogP contribution in [0.4, 0.5) is 10.5 Å². The predicted molar refractivity (Wildman–Crippen MR) is 133 cm³/mol. The van der Waals surface area contributed by atoms with Gasteiger partial charge in [0.15, 0.2) is 0 Å². The van der Waals surface area contributed by atoms with Crippen LogP contribution >= 0.6 is 0 Å². The highest BCUT2D eigenvalue weighted by Crippen LogP contribution is 2.25. The van der Waals surface area contributed by atoms with Gasteiger partial charge >= 0.3 is 6.03 Å². The van der Waals surface area contributed by atoms with Crippen LogP contribution in [-0.2, 0) is 16.2 Å². The summed E-state index contributed by atoms with van der Waals surface area (Å²) in [6.07, 6.45) is 3.07. The highest BCUT2D eigenvalue weighted by molar-refractivity contribution is 6.39. The van der Waals surface area contributed by atoms with Crippen LogP contribution in [0.25, 0.3) is 6.08 Å². The summed E-state index contributed by atoms with van der Waals surface area (Å²) in [5.74, 6) is -0.238. The molecule has 0 unspecified atom stereocenters. The maximum atomic E-state index is 13.1. The van der Waals surface area contributed by atoms with Crippen LogP contribution in [0.3, 0.4) is 0 Å². The van der Waals surface area contributed by atoms with Gasteiger partial charge in [0, 0.05) is 0 Å². The number of hydrogen-bond acceptors (Lipinski definition) is 5. The van der Waals surface area contributed by atoms with Crippen molar-refractivity contribution >= 4 is 29.6 Å². The van der Waals surface area contributed by atoms with Gasteiger partial charge in [-0.1, -0.05) is 54.6 Å². The number of ether oxygens (including phenoxy) is 2. The molecule has 35 heavy (non-hydrogen) atoms. The molecular weight excluding hydrogens is 444 g/mol. The van der Waals surface area contributed by atoms with Crippen molar-refractivity contribution < 1.29 is 23.9 Å². The molecule has 176 valence electrons. The van der Waals surface area contributed by atoms with Gasteiger partial charge in [0.2, 0.25) is 0 Å². The van der Waals surface area contributed by atoms with Crippen molar-refractivity contribution in [2.45, 2.75) is 13.5 Å². The lowest BCUT2D eigenvalue weighted by molar-refractivity contribution is -0.122. The summed E-state index contributed by atoms with van der Waals surface area (Å²) in [6, 6.07) is 20.6. The zero-order valence-electron chi connectivity index (χ0n) is 19.2. The van der Waals surface area contributed by atoms with Crippen molar-refractivity contribution in [1.29, 1.82) is 0 Å². The standard InChI is InChI=1S/C28H24N2O5/c1-3-16-34-23-12-8-20(9-13-23)17-25-26(31)29-28(33)30(27(25)32)22-10-14-24(15-11-22)35-18-21-6-4-19(2)5-7-21/h3-15,17H,1,16,18H2,2H3,(H,29,31,33)/b25-17+. The molecule has 7 heteroatoms. The molecule has 3 aromatic rings. The number of urea groups is 1. The maximum absolute atomic E-state index is 13.1. The fourth-order valence-electron chi connectivity index (χ4n) is 3.42. The van der Waals surface area contributed by atoms with E-state index in [9.17, 15) is 14.4 Å². The molecule has 1 heterocycles. The highest BCUT2D eigenvalue weighted by Gasteiger charge is 2.36. The van der Waals surface area contributed by atoms with Crippen molar-refractivity contribution in [3.05, 3.63) is 108 Å². The molecule has 1 saturated heterocycles. The average molecular weight is 469 g/mol. The third-order valence-corrected chi connectivity index (χ3v) is 5.28. The van der Waals surface area contributed by atoms with E-state index < -0.39 is 17.8 Å². The van der Waals surface area contributed by atoms with Gasteiger partial charge < -0.3 is 9.47 Å². The van der Waals surface area contributed by atoms with Gasteiger partial charge in [0.25, 0.3) is 11.8 Å². The number of barbiturate groups is 1. The molecule has 0 aliphatic carbocycles.